The van der Waals surface area contributed by atoms with Crippen molar-refractivity contribution >= 4 is 48.5 Å². The maximum Gasteiger partial charge on any atom is 0.328 e. The zero-order valence-corrected chi connectivity index (χ0v) is 16.8. The number of hydrogen-bond donors (Lipinski definition) is 4. The second-order valence-electron chi connectivity index (χ2n) is 5.39. The van der Waals surface area contributed by atoms with Crippen molar-refractivity contribution in [1.29, 1.82) is 0 Å². The van der Waals surface area contributed by atoms with Gasteiger partial charge in [0.25, 0.3) is 20.0 Å². The Morgan fingerprint density at radius 3 is 2.32 bits per heavy atom. The first kappa shape index (κ1) is 21.7. The van der Waals surface area contributed by atoms with Crippen LogP contribution in [0.25, 0.3) is 0 Å². The molecule has 2 aromatic rings. The molecule has 3 amide bonds. The fourth-order valence-corrected chi connectivity index (χ4v) is 4.06. The first-order valence-corrected chi connectivity index (χ1v) is 11.4. The van der Waals surface area contributed by atoms with E-state index in [1.54, 1.807) is 19.1 Å². The second kappa shape index (κ2) is 8.59. The Hall–Kier alpha value is -2.62. The zero-order chi connectivity index (χ0) is 20.9. The molecule has 28 heavy (non-hydrogen) atoms. The number of primary sulfonamides is 1. The number of benzene rings is 1. The molecule has 5 N–H and O–H groups in total. The zero-order valence-electron chi connectivity index (χ0n) is 14.4. The molecule has 0 aliphatic heterocycles. The van der Waals surface area contributed by atoms with Crippen molar-refractivity contribution in [3.8, 4) is 0 Å². The lowest BCUT2D eigenvalue weighted by molar-refractivity contribution is -0.116. The molecule has 1 heterocycles. The first-order chi connectivity index (χ1) is 13.0. The summed E-state index contributed by atoms with van der Waals surface area (Å²) in [5.41, 5.74) is 0.862. The number of anilines is 1. The third-order valence-electron chi connectivity index (χ3n) is 3.09. The van der Waals surface area contributed by atoms with E-state index in [4.69, 9.17) is 5.14 Å². The Morgan fingerprint density at radius 2 is 1.75 bits per heavy atom. The molecule has 0 atom stereocenters. The molecular weight excluding hydrogens is 432 g/mol. The van der Waals surface area contributed by atoms with E-state index in [0.717, 1.165) is 5.56 Å². The monoisotopic (exact) mass is 448 g/mol. The number of aromatic nitrogens is 2. The Balaban J connectivity index is 1.80. The van der Waals surface area contributed by atoms with Crippen molar-refractivity contribution in [3.05, 3.63) is 29.8 Å². The number of nitrogens with one attached hydrogen (secondary N) is 3. The van der Waals surface area contributed by atoms with Gasteiger partial charge in [-0.1, -0.05) is 29.0 Å². The molecule has 0 radical (unpaired) electrons. The lowest BCUT2D eigenvalue weighted by Gasteiger charge is -2.08. The van der Waals surface area contributed by atoms with Crippen LogP contribution in [0.5, 0.6) is 0 Å². The molecule has 15 heteroatoms. The van der Waals surface area contributed by atoms with E-state index in [1.165, 1.54) is 12.1 Å². The molecule has 12 nitrogen and oxygen atoms in total. The molecule has 0 aliphatic carbocycles. The van der Waals surface area contributed by atoms with E-state index in [2.05, 4.69) is 20.8 Å². The third-order valence-corrected chi connectivity index (χ3v) is 6.59. The van der Waals surface area contributed by atoms with Gasteiger partial charge in [0.15, 0.2) is 0 Å². The van der Waals surface area contributed by atoms with E-state index in [1.807, 2.05) is 4.72 Å². The summed E-state index contributed by atoms with van der Waals surface area (Å²) in [7, 11) is -8.05. The van der Waals surface area contributed by atoms with Gasteiger partial charge in [-0.15, -0.1) is 10.2 Å². The van der Waals surface area contributed by atoms with Crippen LogP contribution in [0.1, 0.15) is 12.0 Å². The minimum atomic E-state index is -4.03. The number of rotatable bonds is 7. The summed E-state index contributed by atoms with van der Waals surface area (Å²) in [5, 5.41) is 16.1. The van der Waals surface area contributed by atoms with Crippen molar-refractivity contribution in [1.82, 2.24) is 20.2 Å². The Morgan fingerprint density at radius 1 is 1.11 bits per heavy atom. The molecule has 0 bridgehead atoms. The van der Waals surface area contributed by atoms with Gasteiger partial charge in [-0.05, 0) is 19.1 Å². The van der Waals surface area contributed by atoms with Crippen LogP contribution < -0.4 is 20.5 Å². The molecule has 1 aromatic heterocycles. The molecule has 0 spiro atoms. The third kappa shape index (κ3) is 6.22. The summed E-state index contributed by atoms with van der Waals surface area (Å²) in [6, 6.07) is 4.89. The average molecular weight is 449 g/mol. The van der Waals surface area contributed by atoms with Crippen LogP contribution in [0, 0.1) is 6.92 Å². The van der Waals surface area contributed by atoms with Gasteiger partial charge in [0.2, 0.25) is 15.4 Å². The number of carbonyl (C=O) groups excluding carboxylic acids is 2. The summed E-state index contributed by atoms with van der Waals surface area (Å²) >= 11 is 0.568. The van der Waals surface area contributed by atoms with Gasteiger partial charge < -0.3 is 10.6 Å². The van der Waals surface area contributed by atoms with Crippen LogP contribution >= 0.6 is 11.3 Å². The van der Waals surface area contributed by atoms with Gasteiger partial charge in [-0.2, -0.15) is 0 Å². The smallest absolute Gasteiger partial charge is 0.328 e. The van der Waals surface area contributed by atoms with Crippen LogP contribution in [0.4, 0.5) is 9.93 Å². The number of nitrogens with zero attached hydrogens (tertiary/aromatic N) is 2. The molecule has 0 aliphatic rings. The summed E-state index contributed by atoms with van der Waals surface area (Å²) in [5.74, 6) is -0.598. The number of carbonyl (C=O) groups is 2. The quantitative estimate of drug-likeness (QED) is 0.408. The number of hydrogen-bond acceptors (Lipinski definition) is 9. The molecule has 1 aromatic carbocycles. The fourth-order valence-electron chi connectivity index (χ4n) is 1.78. The number of nitrogens with two attached hydrogens (primary N) is 1. The topological polar surface area (TPSA) is 190 Å². The lowest BCUT2D eigenvalue weighted by Crippen LogP contribution is -2.40. The summed E-state index contributed by atoms with van der Waals surface area (Å²) in [6.45, 7) is 1.61. The Kier molecular flexibility index (Phi) is 6.65. The van der Waals surface area contributed by atoms with Crippen molar-refractivity contribution in [2.75, 3.05) is 11.9 Å². The van der Waals surface area contributed by atoms with Crippen LogP contribution in [-0.2, 0) is 24.8 Å². The summed E-state index contributed by atoms with van der Waals surface area (Å²) in [4.78, 5) is 23.4. The largest absolute Gasteiger partial charge is 0.337 e. The molecule has 152 valence electrons. The molecule has 0 saturated heterocycles. The Bertz CT molecular complexity index is 1080. The minimum Gasteiger partial charge on any atom is -0.337 e. The van der Waals surface area contributed by atoms with E-state index < -0.39 is 36.3 Å². The van der Waals surface area contributed by atoms with Gasteiger partial charge >= 0.3 is 6.03 Å². The van der Waals surface area contributed by atoms with Crippen LogP contribution in [-0.4, -0.2) is 45.5 Å². The lowest BCUT2D eigenvalue weighted by atomic mass is 10.2. The molecule has 0 unspecified atom stereocenters. The molecule has 2 rings (SSSR count). The molecule has 0 fully saturated rings. The normalized spacial score (nSPS) is 11.6. The van der Waals surface area contributed by atoms with E-state index in [-0.39, 0.29) is 23.0 Å². The average Bonchev–Trinajstić information content (AvgIpc) is 3.03. The molecular formula is C13H16N6O6S3. The van der Waals surface area contributed by atoms with E-state index in [9.17, 15) is 26.4 Å². The summed E-state index contributed by atoms with van der Waals surface area (Å²) < 4.78 is 47.6. The van der Waals surface area contributed by atoms with E-state index in [0.29, 0.717) is 11.3 Å². The number of amides is 3. The Labute approximate surface area is 164 Å². The molecule has 0 saturated carbocycles. The van der Waals surface area contributed by atoms with Crippen LogP contribution in [0.2, 0.25) is 0 Å². The SMILES string of the molecule is Cc1ccc(S(=O)(=O)NC(=O)NCCC(=O)Nc2nnc(S(N)(=O)=O)s2)cc1. The standard InChI is InChI=1S/C13H16N6O6S3/c1-8-2-4-9(5-3-8)28(24,25)19-11(21)15-7-6-10(20)16-12-17-18-13(26-12)27(14,22)23/h2-5H,6-7H2,1H3,(H2,14,22,23)(H2,15,19,21)(H,16,17,20). The highest BCUT2D eigenvalue weighted by Crippen LogP contribution is 2.18. The fraction of sp³-hybridized carbons (Fsp3) is 0.231. The number of urea groups is 1. The van der Waals surface area contributed by atoms with Crippen molar-refractivity contribution in [3.63, 3.8) is 0 Å². The highest BCUT2D eigenvalue weighted by Gasteiger charge is 2.18. The maximum absolute atomic E-state index is 12.1. The first-order valence-electron chi connectivity index (χ1n) is 7.51. The number of sulfonamides is 2. The summed E-state index contributed by atoms with van der Waals surface area (Å²) in [6.07, 6.45) is -0.220. The minimum absolute atomic E-state index is 0.0760. The van der Waals surface area contributed by atoms with Crippen molar-refractivity contribution in [2.24, 2.45) is 5.14 Å². The highest BCUT2D eigenvalue weighted by molar-refractivity contribution is 7.91. The van der Waals surface area contributed by atoms with Crippen LogP contribution in [0.15, 0.2) is 33.5 Å². The number of aryl methyl sites for hydroxylation is 1. The van der Waals surface area contributed by atoms with Crippen molar-refractivity contribution in [2.45, 2.75) is 22.6 Å². The predicted octanol–water partition coefficient (Wildman–Crippen LogP) is -0.489. The van der Waals surface area contributed by atoms with E-state index >= 15 is 0 Å². The van der Waals surface area contributed by atoms with Crippen molar-refractivity contribution < 1.29 is 26.4 Å². The maximum atomic E-state index is 12.1. The van der Waals surface area contributed by atoms with Gasteiger partial charge in [0.05, 0.1) is 4.90 Å². The van der Waals surface area contributed by atoms with Crippen LogP contribution in [0.3, 0.4) is 0 Å². The van der Waals surface area contributed by atoms with Gasteiger partial charge in [0, 0.05) is 13.0 Å². The second-order valence-corrected chi connectivity index (χ2v) is 9.79. The highest BCUT2D eigenvalue weighted by atomic mass is 32.2. The van der Waals surface area contributed by atoms with Gasteiger partial charge in [-0.25, -0.2) is 31.5 Å². The van der Waals surface area contributed by atoms with Gasteiger partial charge in [-0.3, -0.25) is 4.79 Å². The predicted molar refractivity (Wildman–Crippen MR) is 99.4 cm³/mol. The van der Waals surface area contributed by atoms with Gasteiger partial charge in [0.1, 0.15) is 0 Å².